The third-order valence-corrected chi connectivity index (χ3v) is 6.09. The van der Waals surface area contributed by atoms with Gasteiger partial charge in [-0.1, -0.05) is 0 Å². The molecule has 3 saturated heterocycles. The second-order valence-electron chi connectivity index (χ2n) is 7.48. The van der Waals surface area contributed by atoms with Crippen LogP contribution in [0.15, 0.2) is 0 Å². The van der Waals surface area contributed by atoms with Crippen LogP contribution < -0.4 is 4.72 Å². The molecule has 0 unspecified atom stereocenters. The van der Waals surface area contributed by atoms with E-state index in [-0.39, 0.29) is 11.7 Å². The van der Waals surface area contributed by atoms with Crippen molar-refractivity contribution in [3.05, 3.63) is 0 Å². The predicted octanol–water partition coefficient (Wildman–Crippen LogP) is 0.976. The summed E-state index contributed by atoms with van der Waals surface area (Å²) in [7, 11) is -3.14. The van der Waals surface area contributed by atoms with Gasteiger partial charge in [0.05, 0.1) is 18.0 Å². The Bertz CT molecular complexity index is 492. The van der Waals surface area contributed by atoms with Gasteiger partial charge < -0.3 is 14.4 Å². The highest BCUT2D eigenvalue weighted by Gasteiger charge is 2.43. The molecule has 1 spiro atoms. The van der Waals surface area contributed by atoms with Crippen LogP contribution in [0.1, 0.15) is 38.5 Å². The number of hydrogen-bond donors (Lipinski definition) is 1. The van der Waals surface area contributed by atoms with Gasteiger partial charge in [-0.3, -0.25) is 0 Å². The lowest BCUT2D eigenvalue weighted by atomic mass is 9.90. The van der Waals surface area contributed by atoms with Crippen molar-refractivity contribution >= 4 is 10.0 Å². The fourth-order valence-corrected chi connectivity index (χ4v) is 4.68. The molecular weight excluding hydrogens is 316 g/mol. The summed E-state index contributed by atoms with van der Waals surface area (Å²) in [5.74, 6) is 0.755. The lowest BCUT2D eigenvalue weighted by Crippen LogP contribution is -2.47. The molecule has 0 aromatic rings. The molecule has 134 valence electrons. The molecule has 1 N–H and O–H groups in total. The van der Waals surface area contributed by atoms with Crippen LogP contribution in [0.5, 0.6) is 0 Å². The summed E-state index contributed by atoms with van der Waals surface area (Å²) in [6, 6.07) is 0. The smallest absolute Gasteiger partial charge is 0.208 e. The number of ether oxygens (including phenoxy) is 2. The first kappa shape index (κ1) is 17.6. The van der Waals surface area contributed by atoms with Crippen LogP contribution in [0.4, 0.5) is 0 Å². The second kappa shape index (κ2) is 7.35. The number of hydrogen-bond acceptors (Lipinski definition) is 5. The van der Waals surface area contributed by atoms with Crippen LogP contribution in [0.2, 0.25) is 0 Å². The maximum absolute atomic E-state index is 11.3. The Labute approximate surface area is 139 Å². The fourth-order valence-electron chi connectivity index (χ4n) is 4.19. The van der Waals surface area contributed by atoms with Crippen molar-refractivity contribution < 1.29 is 17.9 Å². The zero-order valence-electron chi connectivity index (χ0n) is 14.1. The Morgan fingerprint density at radius 2 is 2.00 bits per heavy atom. The van der Waals surface area contributed by atoms with E-state index in [1.165, 1.54) is 19.1 Å². The van der Waals surface area contributed by atoms with Crippen LogP contribution in [-0.2, 0) is 19.5 Å². The standard InChI is InChI=1S/C16H30N2O4S/c1-23(19,20)17-11-15-3-2-6-16(22-15)7-8-18(13-16)12-14-4-9-21-10-5-14/h14-15,17H,2-13H2,1H3/t15-,16-/m0/s1. The van der Waals surface area contributed by atoms with Gasteiger partial charge in [-0.2, -0.15) is 0 Å². The van der Waals surface area contributed by atoms with Gasteiger partial charge in [0.25, 0.3) is 0 Å². The largest absolute Gasteiger partial charge is 0.381 e. The molecule has 0 saturated carbocycles. The highest BCUT2D eigenvalue weighted by molar-refractivity contribution is 7.88. The highest BCUT2D eigenvalue weighted by Crippen LogP contribution is 2.37. The van der Waals surface area contributed by atoms with Gasteiger partial charge in [-0.05, 0) is 44.4 Å². The average molecular weight is 346 g/mol. The Hall–Kier alpha value is -0.210. The van der Waals surface area contributed by atoms with Crippen molar-refractivity contribution in [2.24, 2.45) is 5.92 Å². The van der Waals surface area contributed by atoms with E-state index < -0.39 is 10.0 Å². The zero-order chi connectivity index (χ0) is 16.3. The van der Waals surface area contributed by atoms with Crippen LogP contribution in [0, 0.1) is 5.92 Å². The zero-order valence-corrected chi connectivity index (χ0v) is 14.9. The first-order valence-corrected chi connectivity index (χ1v) is 10.8. The first-order valence-electron chi connectivity index (χ1n) is 8.87. The number of sulfonamides is 1. The van der Waals surface area contributed by atoms with Crippen molar-refractivity contribution in [1.29, 1.82) is 0 Å². The molecule has 0 amide bonds. The van der Waals surface area contributed by atoms with Gasteiger partial charge >= 0.3 is 0 Å². The normalized spacial score (nSPS) is 34.2. The van der Waals surface area contributed by atoms with Crippen molar-refractivity contribution in [3.8, 4) is 0 Å². The summed E-state index contributed by atoms with van der Waals surface area (Å²) in [4.78, 5) is 2.54. The molecule has 0 aromatic heterocycles. The van der Waals surface area contributed by atoms with Crippen LogP contribution in [0.3, 0.4) is 0 Å². The van der Waals surface area contributed by atoms with Crippen LogP contribution in [-0.4, -0.2) is 70.7 Å². The number of nitrogens with zero attached hydrogens (tertiary/aromatic N) is 1. The van der Waals surface area contributed by atoms with E-state index in [0.29, 0.717) is 6.54 Å². The van der Waals surface area contributed by atoms with Crippen LogP contribution >= 0.6 is 0 Å². The molecule has 3 heterocycles. The molecule has 2 atom stereocenters. The molecule has 3 aliphatic heterocycles. The molecule has 7 heteroatoms. The van der Waals surface area contributed by atoms with E-state index in [0.717, 1.165) is 64.4 Å². The Balaban J connectivity index is 1.49. The molecule has 3 aliphatic rings. The quantitative estimate of drug-likeness (QED) is 0.804. The minimum Gasteiger partial charge on any atom is -0.381 e. The molecule has 6 nitrogen and oxygen atoms in total. The van der Waals surface area contributed by atoms with Gasteiger partial charge in [-0.25, -0.2) is 13.1 Å². The Morgan fingerprint density at radius 1 is 1.22 bits per heavy atom. The lowest BCUT2D eigenvalue weighted by Gasteiger charge is -2.39. The monoisotopic (exact) mass is 346 g/mol. The van der Waals surface area contributed by atoms with E-state index in [1.807, 2.05) is 0 Å². The highest BCUT2D eigenvalue weighted by atomic mass is 32.2. The van der Waals surface area contributed by atoms with Gasteiger partial charge in [-0.15, -0.1) is 0 Å². The lowest BCUT2D eigenvalue weighted by molar-refractivity contribution is -0.118. The fraction of sp³-hybridized carbons (Fsp3) is 1.00. The summed E-state index contributed by atoms with van der Waals surface area (Å²) in [5, 5.41) is 0. The molecule has 0 bridgehead atoms. The van der Waals surface area contributed by atoms with Crippen LogP contribution in [0.25, 0.3) is 0 Å². The van der Waals surface area contributed by atoms with Crippen molar-refractivity contribution in [2.45, 2.75) is 50.2 Å². The number of nitrogens with one attached hydrogen (secondary N) is 1. The second-order valence-corrected chi connectivity index (χ2v) is 9.31. The third-order valence-electron chi connectivity index (χ3n) is 5.40. The van der Waals surface area contributed by atoms with Gasteiger partial charge in [0.2, 0.25) is 10.0 Å². The number of likely N-dealkylation sites (tertiary alicyclic amines) is 1. The van der Waals surface area contributed by atoms with E-state index >= 15 is 0 Å². The predicted molar refractivity (Wildman–Crippen MR) is 88.9 cm³/mol. The Kier molecular flexibility index (Phi) is 5.63. The molecule has 0 radical (unpaired) electrons. The molecule has 23 heavy (non-hydrogen) atoms. The van der Waals surface area contributed by atoms with Crippen molar-refractivity contribution in [2.75, 3.05) is 45.6 Å². The molecule has 3 fully saturated rings. The minimum absolute atomic E-state index is 0.0153. The van der Waals surface area contributed by atoms with Crippen molar-refractivity contribution in [3.63, 3.8) is 0 Å². The molecule has 3 rings (SSSR count). The molecule has 0 aliphatic carbocycles. The summed E-state index contributed by atoms with van der Waals surface area (Å²) in [6.07, 6.45) is 7.82. The summed E-state index contributed by atoms with van der Waals surface area (Å²) in [5.41, 5.74) is -0.0483. The topological polar surface area (TPSA) is 67.9 Å². The van der Waals surface area contributed by atoms with E-state index in [9.17, 15) is 8.42 Å². The van der Waals surface area contributed by atoms with E-state index in [1.54, 1.807) is 0 Å². The molecular formula is C16H30N2O4S. The third kappa shape index (κ3) is 5.13. The maximum atomic E-state index is 11.3. The van der Waals surface area contributed by atoms with Gasteiger partial charge in [0.15, 0.2) is 0 Å². The number of rotatable bonds is 5. The van der Waals surface area contributed by atoms with Crippen molar-refractivity contribution in [1.82, 2.24) is 9.62 Å². The summed E-state index contributed by atoms with van der Waals surface area (Å²) >= 11 is 0. The maximum Gasteiger partial charge on any atom is 0.208 e. The van der Waals surface area contributed by atoms with E-state index in [4.69, 9.17) is 9.47 Å². The van der Waals surface area contributed by atoms with Gasteiger partial charge in [0, 0.05) is 39.4 Å². The molecule has 0 aromatic carbocycles. The average Bonchev–Trinajstić information content (AvgIpc) is 2.88. The van der Waals surface area contributed by atoms with Gasteiger partial charge in [0.1, 0.15) is 0 Å². The Morgan fingerprint density at radius 3 is 2.74 bits per heavy atom. The summed E-state index contributed by atoms with van der Waals surface area (Å²) in [6.45, 7) is 5.46. The van der Waals surface area contributed by atoms with E-state index in [2.05, 4.69) is 9.62 Å². The first-order chi connectivity index (χ1) is 10.9. The SMILES string of the molecule is CS(=O)(=O)NC[C@@H]1CCC[C@@]2(CCN(CC3CCOCC3)C2)O1. The minimum atomic E-state index is -3.14. The summed E-state index contributed by atoms with van der Waals surface area (Å²) < 4.78 is 36.9.